The van der Waals surface area contributed by atoms with E-state index < -0.39 is 0 Å². The van der Waals surface area contributed by atoms with E-state index in [0.29, 0.717) is 24.7 Å². The summed E-state index contributed by atoms with van der Waals surface area (Å²) in [7, 11) is 0. The lowest BCUT2D eigenvalue weighted by molar-refractivity contribution is 0.0939. The quantitative estimate of drug-likeness (QED) is 0.842. The number of thiazole rings is 1. The number of carbonyl (C=O) groups excluding carboxylic acids is 1. The van der Waals surface area contributed by atoms with Gasteiger partial charge in [-0.3, -0.25) is 9.48 Å². The first-order valence-electron chi connectivity index (χ1n) is 7.33. The van der Waals surface area contributed by atoms with Crippen molar-refractivity contribution in [1.29, 1.82) is 0 Å². The summed E-state index contributed by atoms with van der Waals surface area (Å²) in [5, 5.41) is 10.5. The molecule has 2 aromatic rings. The molecular weight excluding hydrogens is 316 g/mol. The smallest absolute Gasteiger partial charge is 0.269 e. The third kappa shape index (κ3) is 4.10. The van der Waals surface area contributed by atoms with E-state index in [1.165, 1.54) is 0 Å². The first-order valence-corrected chi connectivity index (χ1v) is 9.60. The van der Waals surface area contributed by atoms with Crippen LogP contribution >= 0.6 is 23.1 Å². The molecule has 0 aliphatic carbocycles. The Morgan fingerprint density at radius 2 is 2.27 bits per heavy atom. The van der Waals surface area contributed by atoms with Crippen LogP contribution < -0.4 is 5.32 Å². The van der Waals surface area contributed by atoms with Gasteiger partial charge < -0.3 is 5.32 Å². The summed E-state index contributed by atoms with van der Waals surface area (Å²) in [5.41, 5.74) is 2.47. The maximum Gasteiger partial charge on any atom is 0.269 e. The van der Waals surface area contributed by atoms with E-state index in [0.717, 1.165) is 22.1 Å². The molecule has 0 saturated carbocycles. The number of hydrogen-bond donors (Lipinski definition) is 1. The lowest BCUT2D eigenvalue weighted by Crippen LogP contribution is -2.25. The van der Waals surface area contributed by atoms with Gasteiger partial charge in [-0.15, -0.1) is 11.3 Å². The van der Waals surface area contributed by atoms with Crippen molar-refractivity contribution in [3.8, 4) is 0 Å². The second-order valence-electron chi connectivity index (χ2n) is 5.27. The molecular formula is C15H22N4OS2. The maximum absolute atomic E-state index is 12.4. The second kappa shape index (κ2) is 7.78. The van der Waals surface area contributed by atoms with Crippen LogP contribution in [0.5, 0.6) is 0 Å². The zero-order valence-corrected chi connectivity index (χ0v) is 15.1. The first kappa shape index (κ1) is 17.0. The minimum atomic E-state index is -0.0966. The Kier molecular flexibility index (Phi) is 6.02. The predicted molar refractivity (Wildman–Crippen MR) is 92.5 cm³/mol. The van der Waals surface area contributed by atoms with Gasteiger partial charge in [0, 0.05) is 17.7 Å². The van der Waals surface area contributed by atoms with E-state index in [4.69, 9.17) is 0 Å². The molecule has 0 atom stereocenters. The Morgan fingerprint density at radius 3 is 2.91 bits per heavy atom. The fraction of sp³-hybridized carbons (Fsp3) is 0.533. The van der Waals surface area contributed by atoms with Crippen molar-refractivity contribution in [2.24, 2.45) is 0 Å². The molecule has 2 rings (SSSR count). The Morgan fingerprint density at radius 1 is 1.50 bits per heavy atom. The number of nitrogens with one attached hydrogen (secondary N) is 1. The van der Waals surface area contributed by atoms with Crippen LogP contribution in [-0.2, 0) is 18.8 Å². The highest BCUT2D eigenvalue weighted by Crippen LogP contribution is 2.16. The molecule has 120 valence electrons. The van der Waals surface area contributed by atoms with Crippen molar-refractivity contribution in [2.75, 3.05) is 6.26 Å². The van der Waals surface area contributed by atoms with Gasteiger partial charge in [0.25, 0.3) is 5.91 Å². The summed E-state index contributed by atoms with van der Waals surface area (Å²) in [6.07, 6.45) is 2.06. The largest absolute Gasteiger partial charge is 0.345 e. The molecule has 1 N–H and O–H groups in total. The van der Waals surface area contributed by atoms with Gasteiger partial charge in [0.15, 0.2) is 0 Å². The number of amides is 1. The molecule has 0 spiro atoms. The van der Waals surface area contributed by atoms with Crippen LogP contribution in [0.2, 0.25) is 0 Å². The summed E-state index contributed by atoms with van der Waals surface area (Å²) >= 11 is 3.39. The van der Waals surface area contributed by atoms with Crippen molar-refractivity contribution in [1.82, 2.24) is 20.1 Å². The van der Waals surface area contributed by atoms with Gasteiger partial charge in [-0.1, -0.05) is 13.8 Å². The predicted octanol–water partition coefficient (Wildman–Crippen LogP) is 3.28. The minimum Gasteiger partial charge on any atom is -0.345 e. The number of thioether (sulfide) groups is 1. The van der Waals surface area contributed by atoms with Gasteiger partial charge >= 0.3 is 0 Å². The third-order valence-corrected chi connectivity index (χ3v) is 4.86. The summed E-state index contributed by atoms with van der Waals surface area (Å²) in [5.74, 6) is 1.13. The molecule has 0 unspecified atom stereocenters. The lowest BCUT2D eigenvalue weighted by Gasteiger charge is -2.05. The molecule has 0 aliphatic rings. The van der Waals surface area contributed by atoms with E-state index >= 15 is 0 Å². The normalized spacial score (nSPS) is 11.1. The van der Waals surface area contributed by atoms with Crippen LogP contribution in [-0.4, -0.2) is 26.9 Å². The molecule has 0 aliphatic heterocycles. The second-order valence-corrected chi connectivity index (χ2v) is 7.08. The van der Waals surface area contributed by atoms with E-state index in [9.17, 15) is 4.79 Å². The lowest BCUT2D eigenvalue weighted by atomic mass is 10.1. The van der Waals surface area contributed by atoms with E-state index in [1.54, 1.807) is 27.8 Å². The SMILES string of the molecule is CCn1nc(C(C)C)cc1C(=O)NCc1csc(CSC)n1. The van der Waals surface area contributed by atoms with Gasteiger partial charge in [0.2, 0.25) is 0 Å². The standard InChI is InChI=1S/C15H22N4OS2/c1-5-19-13(6-12(18-19)10(2)3)15(20)16-7-11-8-22-14(17-11)9-21-4/h6,8,10H,5,7,9H2,1-4H3,(H,16,20). The molecule has 7 heteroatoms. The fourth-order valence-corrected chi connectivity index (χ4v) is 3.54. The molecule has 0 fully saturated rings. The highest BCUT2D eigenvalue weighted by atomic mass is 32.2. The molecule has 2 aromatic heterocycles. The molecule has 1 amide bonds. The Balaban J connectivity index is 2.02. The van der Waals surface area contributed by atoms with Gasteiger partial charge in [0.1, 0.15) is 10.7 Å². The Labute approximate surface area is 139 Å². The number of rotatable bonds is 7. The molecule has 0 saturated heterocycles. The monoisotopic (exact) mass is 338 g/mol. The molecule has 22 heavy (non-hydrogen) atoms. The van der Waals surface area contributed by atoms with Crippen LogP contribution in [0, 0.1) is 0 Å². The van der Waals surface area contributed by atoms with Gasteiger partial charge in [0.05, 0.1) is 17.9 Å². The number of aryl methyl sites for hydroxylation is 1. The van der Waals surface area contributed by atoms with E-state index in [-0.39, 0.29) is 5.91 Å². The topological polar surface area (TPSA) is 59.8 Å². The Bertz CT molecular complexity index is 633. The van der Waals surface area contributed by atoms with E-state index in [2.05, 4.69) is 35.5 Å². The zero-order valence-electron chi connectivity index (χ0n) is 13.4. The molecule has 2 heterocycles. The van der Waals surface area contributed by atoms with Crippen LogP contribution in [0.15, 0.2) is 11.4 Å². The number of carbonyl (C=O) groups is 1. The van der Waals surface area contributed by atoms with Crippen LogP contribution in [0.25, 0.3) is 0 Å². The zero-order chi connectivity index (χ0) is 16.1. The number of hydrogen-bond acceptors (Lipinski definition) is 5. The fourth-order valence-electron chi connectivity index (χ4n) is 2.02. The molecule has 5 nitrogen and oxygen atoms in total. The van der Waals surface area contributed by atoms with Crippen molar-refractivity contribution >= 4 is 29.0 Å². The summed E-state index contributed by atoms with van der Waals surface area (Å²) in [4.78, 5) is 16.9. The summed E-state index contributed by atoms with van der Waals surface area (Å²) in [6.45, 7) is 7.28. The van der Waals surface area contributed by atoms with Crippen LogP contribution in [0.3, 0.4) is 0 Å². The minimum absolute atomic E-state index is 0.0966. The van der Waals surface area contributed by atoms with Crippen molar-refractivity contribution < 1.29 is 4.79 Å². The highest BCUT2D eigenvalue weighted by molar-refractivity contribution is 7.97. The van der Waals surface area contributed by atoms with Crippen molar-refractivity contribution in [3.05, 3.63) is 33.5 Å². The average Bonchev–Trinajstić information content (AvgIpc) is 3.11. The number of nitrogens with zero attached hydrogens (tertiary/aromatic N) is 3. The van der Waals surface area contributed by atoms with Crippen LogP contribution in [0.1, 0.15) is 53.6 Å². The van der Waals surface area contributed by atoms with E-state index in [1.807, 2.05) is 18.4 Å². The maximum atomic E-state index is 12.4. The first-order chi connectivity index (χ1) is 10.5. The summed E-state index contributed by atoms with van der Waals surface area (Å²) < 4.78 is 1.75. The highest BCUT2D eigenvalue weighted by Gasteiger charge is 2.16. The van der Waals surface area contributed by atoms with Crippen LogP contribution in [0.4, 0.5) is 0 Å². The summed E-state index contributed by atoms with van der Waals surface area (Å²) in [6, 6.07) is 1.88. The molecule has 0 aromatic carbocycles. The third-order valence-electron chi connectivity index (χ3n) is 3.22. The van der Waals surface area contributed by atoms with Gasteiger partial charge in [-0.2, -0.15) is 16.9 Å². The molecule has 0 radical (unpaired) electrons. The van der Waals surface area contributed by atoms with Crippen molar-refractivity contribution in [2.45, 2.75) is 45.5 Å². The average molecular weight is 339 g/mol. The molecule has 0 bridgehead atoms. The number of aromatic nitrogens is 3. The van der Waals surface area contributed by atoms with Gasteiger partial charge in [-0.05, 0) is 25.2 Å². The van der Waals surface area contributed by atoms with Crippen molar-refractivity contribution in [3.63, 3.8) is 0 Å². The Hall–Kier alpha value is -1.34. The van der Waals surface area contributed by atoms with Gasteiger partial charge in [-0.25, -0.2) is 4.98 Å².